The van der Waals surface area contributed by atoms with Gasteiger partial charge in [-0.25, -0.2) is 4.68 Å². The lowest BCUT2D eigenvalue weighted by Gasteiger charge is -2.20. The Kier molecular flexibility index (Phi) is 4.72. The van der Waals surface area contributed by atoms with E-state index in [1.165, 1.54) is 0 Å². The van der Waals surface area contributed by atoms with Gasteiger partial charge in [-0.1, -0.05) is 29.8 Å². The average molecular weight is 353 g/mol. The summed E-state index contributed by atoms with van der Waals surface area (Å²) in [4.78, 5) is 11.1. The van der Waals surface area contributed by atoms with Gasteiger partial charge < -0.3 is 5.11 Å². The zero-order valence-electron chi connectivity index (χ0n) is 12.1. The Morgan fingerprint density at radius 1 is 1.43 bits per heavy atom. The third-order valence-electron chi connectivity index (χ3n) is 3.39. The number of carboxylic acid groups (broad SMARTS) is 1. The standard InChI is InChI=1S/C14H17BrN4O2/c1-8(2)12(7-13(20)21)19-14(16-17-18-19)11-5-4-10(15)6-9(11)3/h4-6,8,12H,7H2,1-3H3,(H,20,21). The highest BCUT2D eigenvalue weighted by Gasteiger charge is 2.24. The summed E-state index contributed by atoms with van der Waals surface area (Å²) in [5, 5.41) is 20.9. The van der Waals surface area contributed by atoms with Crippen molar-refractivity contribution in [2.45, 2.75) is 33.2 Å². The maximum atomic E-state index is 11.1. The first-order valence-corrected chi connectivity index (χ1v) is 7.45. The Morgan fingerprint density at radius 2 is 2.14 bits per heavy atom. The second-order valence-corrected chi connectivity index (χ2v) is 6.23. The number of rotatable bonds is 5. The first-order valence-electron chi connectivity index (χ1n) is 6.66. The molecule has 0 radical (unpaired) electrons. The van der Waals surface area contributed by atoms with Crippen molar-refractivity contribution in [3.05, 3.63) is 28.2 Å². The molecule has 21 heavy (non-hydrogen) atoms. The predicted molar refractivity (Wildman–Crippen MR) is 81.8 cm³/mol. The lowest BCUT2D eigenvalue weighted by molar-refractivity contribution is -0.138. The molecule has 2 rings (SSSR count). The first-order chi connectivity index (χ1) is 9.90. The van der Waals surface area contributed by atoms with Gasteiger partial charge >= 0.3 is 5.97 Å². The van der Waals surface area contributed by atoms with Crippen LogP contribution >= 0.6 is 15.9 Å². The van der Waals surface area contributed by atoms with E-state index in [1.807, 2.05) is 39.0 Å². The Morgan fingerprint density at radius 3 is 2.71 bits per heavy atom. The lowest BCUT2D eigenvalue weighted by atomic mass is 10.0. The highest BCUT2D eigenvalue weighted by Crippen LogP contribution is 2.29. The summed E-state index contributed by atoms with van der Waals surface area (Å²) in [6.07, 6.45) is -0.00865. The fraction of sp³-hybridized carbons (Fsp3) is 0.429. The van der Waals surface area contributed by atoms with Gasteiger partial charge in [0.05, 0.1) is 12.5 Å². The average Bonchev–Trinajstić information content (AvgIpc) is 2.84. The number of hydrogen-bond acceptors (Lipinski definition) is 4. The van der Waals surface area contributed by atoms with Gasteiger partial charge in [-0.15, -0.1) is 5.10 Å². The Labute approximate surface area is 131 Å². The fourth-order valence-electron chi connectivity index (χ4n) is 2.26. The molecule has 0 spiro atoms. The minimum atomic E-state index is -0.859. The van der Waals surface area contributed by atoms with E-state index in [-0.39, 0.29) is 18.4 Å². The minimum Gasteiger partial charge on any atom is -0.481 e. The number of aryl methyl sites for hydroxylation is 1. The van der Waals surface area contributed by atoms with Crippen LogP contribution in [0.3, 0.4) is 0 Å². The van der Waals surface area contributed by atoms with E-state index in [4.69, 9.17) is 5.11 Å². The van der Waals surface area contributed by atoms with Crippen LogP contribution in [0.4, 0.5) is 0 Å². The summed E-state index contributed by atoms with van der Waals surface area (Å²) in [6.45, 7) is 5.90. The zero-order chi connectivity index (χ0) is 15.6. The van der Waals surface area contributed by atoms with Gasteiger partial charge in [0, 0.05) is 10.0 Å². The van der Waals surface area contributed by atoms with Crippen molar-refractivity contribution < 1.29 is 9.90 Å². The normalized spacial score (nSPS) is 12.6. The second-order valence-electron chi connectivity index (χ2n) is 5.32. The molecule has 0 aliphatic rings. The maximum Gasteiger partial charge on any atom is 0.305 e. The van der Waals surface area contributed by atoms with Crippen molar-refractivity contribution in [1.29, 1.82) is 0 Å². The van der Waals surface area contributed by atoms with Crippen molar-refractivity contribution in [3.8, 4) is 11.4 Å². The van der Waals surface area contributed by atoms with Crippen molar-refractivity contribution >= 4 is 21.9 Å². The molecule has 1 unspecified atom stereocenters. The zero-order valence-corrected chi connectivity index (χ0v) is 13.7. The quantitative estimate of drug-likeness (QED) is 0.893. The lowest BCUT2D eigenvalue weighted by Crippen LogP contribution is -2.21. The molecule has 1 aromatic carbocycles. The van der Waals surface area contributed by atoms with Crippen molar-refractivity contribution in [1.82, 2.24) is 20.2 Å². The molecule has 1 heterocycles. The van der Waals surface area contributed by atoms with E-state index in [0.717, 1.165) is 15.6 Å². The third kappa shape index (κ3) is 3.47. The van der Waals surface area contributed by atoms with E-state index in [0.29, 0.717) is 5.82 Å². The Hall–Kier alpha value is -1.76. The molecule has 0 saturated heterocycles. The van der Waals surface area contributed by atoms with E-state index in [1.54, 1.807) is 4.68 Å². The van der Waals surface area contributed by atoms with E-state index < -0.39 is 5.97 Å². The SMILES string of the molecule is Cc1cc(Br)ccc1-c1nnnn1C(CC(=O)O)C(C)C. The summed E-state index contributed by atoms with van der Waals surface area (Å²) >= 11 is 3.43. The summed E-state index contributed by atoms with van der Waals surface area (Å²) < 4.78 is 2.60. The summed E-state index contributed by atoms with van der Waals surface area (Å²) in [5.41, 5.74) is 1.93. The molecule has 1 atom stereocenters. The van der Waals surface area contributed by atoms with E-state index in [9.17, 15) is 4.79 Å². The van der Waals surface area contributed by atoms with Gasteiger partial charge in [0.15, 0.2) is 5.82 Å². The Bertz CT molecular complexity index is 654. The van der Waals surface area contributed by atoms with Crippen LogP contribution in [0.2, 0.25) is 0 Å². The van der Waals surface area contributed by atoms with Crippen LogP contribution in [0.1, 0.15) is 31.9 Å². The number of tetrazole rings is 1. The monoisotopic (exact) mass is 352 g/mol. The van der Waals surface area contributed by atoms with Crippen molar-refractivity contribution in [3.63, 3.8) is 0 Å². The molecular weight excluding hydrogens is 336 g/mol. The maximum absolute atomic E-state index is 11.1. The number of carboxylic acids is 1. The number of aromatic nitrogens is 4. The summed E-state index contributed by atoms with van der Waals surface area (Å²) in [5.74, 6) is -0.151. The minimum absolute atomic E-state index is 0.00865. The second kappa shape index (κ2) is 6.34. The molecule has 0 bridgehead atoms. The molecule has 2 aromatic rings. The molecule has 1 aromatic heterocycles. The van der Waals surface area contributed by atoms with Gasteiger partial charge in [-0.05, 0) is 47.0 Å². The molecule has 7 heteroatoms. The van der Waals surface area contributed by atoms with Crippen LogP contribution in [-0.2, 0) is 4.79 Å². The van der Waals surface area contributed by atoms with E-state index in [2.05, 4.69) is 31.5 Å². The number of carbonyl (C=O) groups is 1. The van der Waals surface area contributed by atoms with Crippen LogP contribution in [0, 0.1) is 12.8 Å². The van der Waals surface area contributed by atoms with Crippen molar-refractivity contribution in [2.75, 3.05) is 0 Å². The van der Waals surface area contributed by atoms with Gasteiger partial charge in [0.25, 0.3) is 0 Å². The number of aliphatic carboxylic acids is 1. The molecule has 0 aliphatic carbocycles. The smallest absolute Gasteiger partial charge is 0.305 e. The summed E-state index contributed by atoms with van der Waals surface area (Å²) in [6, 6.07) is 5.55. The molecule has 0 aliphatic heterocycles. The highest BCUT2D eigenvalue weighted by molar-refractivity contribution is 9.10. The molecular formula is C14H17BrN4O2. The van der Waals surface area contributed by atoms with Gasteiger partial charge in [0.2, 0.25) is 0 Å². The van der Waals surface area contributed by atoms with Crippen LogP contribution in [0.5, 0.6) is 0 Å². The first kappa shape index (κ1) is 15.6. The van der Waals surface area contributed by atoms with E-state index >= 15 is 0 Å². The van der Waals surface area contributed by atoms with Crippen LogP contribution < -0.4 is 0 Å². The van der Waals surface area contributed by atoms with Gasteiger partial charge in [-0.3, -0.25) is 4.79 Å². The molecule has 112 valence electrons. The van der Waals surface area contributed by atoms with Gasteiger partial charge in [0.1, 0.15) is 0 Å². The number of benzene rings is 1. The molecule has 0 amide bonds. The molecule has 1 N–H and O–H groups in total. The summed E-state index contributed by atoms with van der Waals surface area (Å²) in [7, 11) is 0. The van der Waals surface area contributed by atoms with Crippen LogP contribution in [0.15, 0.2) is 22.7 Å². The van der Waals surface area contributed by atoms with Crippen LogP contribution in [-0.4, -0.2) is 31.3 Å². The number of hydrogen-bond donors (Lipinski definition) is 1. The predicted octanol–water partition coefficient (Wildman–Crippen LogP) is 3.08. The van der Waals surface area contributed by atoms with Gasteiger partial charge in [-0.2, -0.15) is 0 Å². The topological polar surface area (TPSA) is 80.9 Å². The largest absolute Gasteiger partial charge is 0.481 e. The highest BCUT2D eigenvalue weighted by atomic mass is 79.9. The number of halogens is 1. The van der Waals surface area contributed by atoms with Crippen molar-refractivity contribution in [2.24, 2.45) is 5.92 Å². The fourth-order valence-corrected chi connectivity index (χ4v) is 2.73. The molecule has 0 fully saturated rings. The molecule has 0 saturated carbocycles. The third-order valence-corrected chi connectivity index (χ3v) is 3.88. The number of nitrogens with zero attached hydrogens (tertiary/aromatic N) is 4. The van der Waals surface area contributed by atoms with Crippen LogP contribution in [0.25, 0.3) is 11.4 Å². The Balaban J connectivity index is 2.48. The molecule has 6 nitrogen and oxygen atoms in total.